The third kappa shape index (κ3) is 1.82. The van der Waals surface area contributed by atoms with E-state index in [0.717, 1.165) is 0 Å². The third-order valence-electron chi connectivity index (χ3n) is 3.84. The Bertz CT molecular complexity index is 666. The normalized spacial score (nSPS) is 32.9. The lowest BCUT2D eigenvalue weighted by molar-refractivity contribution is -0.113. The lowest BCUT2D eigenvalue weighted by Crippen LogP contribution is -2.43. The van der Waals surface area contributed by atoms with Gasteiger partial charge in [0.25, 0.3) is 0 Å². The second kappa shape index (κ2) is 4.88. The Morgan fingerprint density at radius 1 is 1.43 bits per heavy atom. The van der Waals surface area contributed by atoms with Gasteiger partial charge >= 0.3 is 0 Å². The molecular formula is C12H15FN4O4. The van der Waals surface area contributed by atoms with Gasteiger partial charge < -0.3 is 25.8 Å². The first-order valence-electron chi connectivity index (χ1n) is 6.34. The molecule has 1 unspecified atom stereocenters. The van der Waals surface area contributed by atoms with Crippen molar-refractivity contribution in [1.82, 2.24) is 14.6 Å². The molecule has 4 atom stereocenters. The van der Waals surface area contributed by atoms with Gasteiger partial charge in [-0.1, -0.05) is 0 Å². The molecule has 0 saturated carbocycles. The topological polar surface area (TPSA) is 126 Å². The molecule has 8 nitrogen and oxygen atoms in total. The van der Waals surface area contributed by atoms with E-state index in [2.05, 4.69) is 10.1 Å². The zero-order valence-electron chi connectivity index (χ0n) is 10.9. The molecule has 0 aliphatic carbocycles. The van der Waals surface area contributed by atoms with Crippen molar-refractivity contribution in [2.45, 2.75) is 23.9 Å². The third-order valence-corrected chi connectivity index (χ3v) is 3.84. The van der Waals surface area contributed by atoms with Gasteiger partial charge in [0.05, 0.1) is 12.3 Å². The Morgan fingerprint density at radius 3 is 2.81 bits per heavy atom. The molecule has 114 valence electrons. The molecule has 0 aromatic carbocycles. The van der Waals surface area contributed by atoms with E-state index in [1.54, 1.807) is 6.07 Å². The summed E-state index contributed by atoms with van der Waals surface area (Å²) in [7, 11) is 0. The van der Waals surface area contributed by atoms with Crippen molar-refractivity contribution in [3.05, 3.63) is 24.2 Å². The van der Waals surface area contributed by atoms with Crippen molar-refractivity contribution in [2.24, 2.45) is 0 Å². The maximum Gasteiger partial charge on any atom is 0.167 e. The molecule has 1 aliphatic rings. The summed E-state index contributed by atoms with van der Waals surface area (Å²) in [5, 5.41) is 33.2. The Kier molecular flexibility index (Phi) is 3.29. The lowest BCUT2D eigenvalue weighted by atomic mass is 9.92. The highest BCUT2D eigenvalue weighted by Crippen LogP contribution is 2.41. The number of halogens is 1. The molecule has 2 aromatic rings. The van der Waals surface area contributed by atoms with E-state index in [1.165, 1.54) is 16.9 Å². The first-order valence-corrected chi connectivity index (χ1v) is 6.34. The molecule has 21 heavy (non-hydrogen) atoms. The number of aliphatic hydroxyl groups excluding tert-OH is 3. The average Bonchev–Trinajstić information content (AvgIpc) is 3.03. The summed E-state index contributed by atoms with van der Waals surface area (Å²) in [5.74, 6) is 0.192. The van der Waals surface area contributed by atoms with Crippen LogP contribution in [-0.2, 0) is 10.3 Å². The average molecular weight is 298 g/mol. The van der Waals surface area contributed by atoms with Crippen LogP contribution < -0.4 is 5.73 Å². The number of nitrogen functional groups attached to an aromatic ring is 1. The quantitative estimate of drug-likeness (QED) is 0.548. The van der Waals surface area contributed by atoms with Gasteiger partial charge in [0.1, 0.15) is 36.8 Å². The number of ether oxygens (including phenoxy) is 1. The van der Waals surface area contributed by atoms with Crippen molar-refractivity contribution < 1.29 is 24.4 Å². The van der Waals surface area contributed by atoms with Crippen molar-refractivity contribution in [3.63, 3.8) is 0 Å². The Hall–Kier alpha value is -1.81. The summed E-state index contributed by atoms with van der Waals surface area (Å²) in [4.78, 5) is 3.82. The van der Waals surface area contributed by atoms with Gasteiger partial charge in [0.2, 0.25) is 0 Å². The standard InChI is InChI=1S/C12H15FN4O4/c13-4-12(10(20)9(19)7(3-18)21-12)8-2-1-6-11(14)15-5-16-17(6)8/h1-2,5,7,9-10,18-20H,3-4H2,(H2,14,15,16)/t7-,9+,10?,12-/m1/s1. The number of nitrogens with zero attached hydrogens (tertiary/aromatic N) is 3. The molecule has 0 radical (unpaired) electrons. The number of nitrogens with two attached hydrogens (primary N) is 1. The van der Waals surface area contributed by atoms with E-state index >= 15 is 0 Å². The minimum absolute atomic E-state index is 0.191. The van der Waals surface area contributed by atoms with E-state index in [-0.39, 0.29) is 11.5 Å². The smallest absolute Gasteiger partial charge is 0.167 e. The summed E-state index contributed by atoms with van der Waals surface area (Å²) in [5.41, 5.74) is 4.51. The first-order chi connectivity index (χ1) is 10.0. The van der Waals surface area contributed by atoms with Gasteiger partial charge in [0.15, 0.2) is 11.4 Å². The van der Waals surface area contributed by atoms with Crippen LogP contribution in [0.15, 0.2) is 18.5 Å². The zero-order chi connectivity index (χ0) is 15.2. The Morgan fingerprint density at radius 2 is 2.19 bits per heavy atom. The molecule has 3 rings (SSSR count). The highest BCUT2D eigenvalue weighted by Gasteiger charge is 2.56. The molecule has 5 N–H and O–H groups in total. The van der Waals surface area contributed by atoms with Crippen molar-refractivity contribution in [3.8, 4) is 0 Å². The van der Waals surface area contributed by atoms with Gasteiger partial charge in [-0.15, -0.1) is 0 Å². The maximum atomic E-state index is 13.7. The number of rotatable bonds is 3. The summed E-state index contributed by atoms with van der Waals surface area (Å²) in [6.45, 7) is -1.64. The van der Waals surface area contributed by atoms with E-state index < -0.39 is 37.2 Å². The monoisotopic (exact) mass is 298 g/mol. The number of fused-ring (bicyclic) bond motifs is 1. The predicted molar refractivity (Wildman–Crippen MR) is 69.0 cm³/mol. The fourth-order valence-corrected chi connectivity index (χ4v) is 2.70. The van der Waals surface area contributed by atoms with Gasteiger partial charge in [-0.25, -0.2) is 13.9 Å². The molecule has 2 aromatic heterocycles. The van der Waals surface area contributed by atoms with E-state index in [4.69, 9.17) is 15.6 Å². The molecule has 1 saturated heterocycles. The fourth-order valence-electron chi connectivity index (χ4n) is 2.70. The van der Waals surface area contributed by atoms with Gasteiger partial charge in [-0.05, 0) is 12.1 Å². The molecule has 1 fully saturated rings. The van der Waals surface area contributed by atoms with E-state index in [9.17, 15) is 14.6 Å². The predicted octanol–water partition coefficient (Wildman–Crippen LogP) is -1.41. The number of alkyl halides is 1. The van der Waals surface area contributed by atoms with Gasteiger partial charge in [-0.2, -0.15) is 5.10 Å². The maximum absolute atomic E-state index is 13.7. The van der Waals surface area contributed by atoms with Crippen molar-refractivity contribution in [1.29, 1.82) is 0 Å². The summed E-state index contributed by atoms with van der Waals surface area (Å²) < 4.78 is 20.4. The molecule has 0 amide bonds. The lowest BCUT2D eigenvalue weighted by Gasteiger charge is -2.28. The molecule has 3 heterocycles. The highest BCUT2D eigenvalue weighted by atomic mass is 19.1. The Balaban J connectivity index is 2.17. The Labute approximate surface area is 118 Å². The minimum Gasteiger partial charge on any atom is -0.394 e. The molecule has 1 aliphatic heterocycles. The summed E-state index contributed by atoms with van der Waals surface area (Å²) in [6, 6.07) is 3.06. The van der Waals surface area contributed by atoms with Crippen molar-refractivity contribution >= 4 is 11.3 Å². The number of anilines is 1. The summed E-state index contributed by atoms with van der Waals surface area (Å²) in [6.07, 6.45) is -2.84. The van der Waals surface area contributed by atoms with E-state index in [1.807, 2.05) is 0 Å². The number of aromatic nitrogens is 3. The second-order valence-electron chi connectivity index (χ2n) is 4.96. The van der Waals surface area contributed by atoms with Crippen LogP contribution in [0.4, 0.5) is 10.2 Å². The summed E-state index contributed by atoms with van der Waals surface area (Å²) >= 11 is 0. The molecule has 0 bridgehead atoms. The van der Waals surface area contributed by atoms with Crippen LogP contribution in [0.5, 0.6) is 0 Å². The van der Waals surface area contributed by atoms with Crippen LogP contribution in [0.3, 0.4) is 0 Å². The SMILES string of the molecule is Nc1ncnn2c([C@@]3(CF)O[C@H](CO)[C@H](O)C3O)ccc12. The number of hydrogen-bond acceptors (Lipinski definition) is 7. The van der Waals surface area contributed by atoms with Crippen LogP contribution >= 0.6 is 0 Å². The van der Waals surface area contributed by atoms with Crippen LogP contribution in [0, 0.1) is 0 Å². The van der Waals surface area contributed by atoms with E-state index in [0.29, 0.717) is 5.52 Å². The van der Waals surface area contributed by atoms with Crippen LogP contribution in [0.25, 0.3) is 5.52 Å². The molecule has 0 spiro atoms. The minimum atomic E-state index is -1.82. The molecular weight excluding hydrogens is 283 g/mol. The largest absolute Gasteiger partial charge is 0.394 e. The van der Waals surface area contributed by atoms with Crippen LogP contribution in [-0.4, -0.2) is 61.5 Å². The van der Waals surface area contributed by atoms with Gasteiger partial charge in [0, 0.05) is 0 Å². The fraction of sp³-hybridized carbons (Fsp3) is 0.500. The number of hydrogen-bond donors (Lipinski definition) is 4. The molecule has 9 heteroatoms. The second-order valence-corrected chi connectivity index (χ2v) is 4.96. The highest BCUT2D eigenvalue weighted by molar-refractivity contribution is 5.65. The number of aliphatic hydroxyl groups is 3. The first kappa shape index (κ1) is 14.1. The van der Waals surface area contributed by atoms with Crippen molar-refractivity contribution in [2.75, 3.05) is 19.0 Å². The van der Waals surface area contributed by atoms with Crippen LogP contribution in [0.1, 0.15) is 5.69 Å². The van der Waals surface area contributed by atoms with Crippen LogP contribution in [0.2, 0.25) is 0 Å². The van der Waals surface area contributed by atoms with Gasteiger partial charge in [-0.3, -0.25) is 0 Å². The zero-order valence-corrected chi connectivity index (χ0v) is 10.9.